The van der Waals surface area contributed by atoms with Gasteiger partial charge in [0.2, 0.25) is 5.91 Å². The molecular weight excluding hydrogens is 1300 g/mol. The molecule has 0 radical (unpaired) electrons. The standard InChI is InChI=1S/C11H19NO.C11H21N.C10H20N2O.C10H19N.C9H19NO.C9H19N.C9H17N.C7H15NO2S.C7H15NOS/c1-8(2)12-9-3-4-10(12)7-11(13)6-5-9;1-8(2)12-10-4-5-11(12)7-9(3)6-10;1-8(2)11-5-6-12(10(4)13)9(3)7-11;1-8(2)11-6-9(3)5-10(4)7-11;1-8(2)10-6-4-5-9(7-10)11-3;2*1-8(2)10-6-4-5-9(3)7-10;1-7(2)8-3-5-11(9,10)6-4-8;1-7(2)8-3-5-10(9)6-4-8/h8-10H,3-7H2,1-2H3;8-11H,4-7H2,1-3H3;8-9H,5-7H2,1-4H3;8,10H,3,5-7H2,1-2,4H3;8-9H,4-7H2,1-3H3;8-9H,4-7H2,1-3H3;8H,3-7H2,1-2H3;7H,3-6H2,1-2H3;7H,3-6H2,1-2H3. The quantitative estimate of drug-likeness (QED) is 0.192. The number of amides is 1. The Labute approximate surface area is 627 Å². The maximum Gasteiger partial charge on any atom is 0.219 e. The van der Waals surface area contributed by atoms with Crippen LogP contribution >= 0.6 is 0 Å². The lowest BCUT2D eigenvalue weighted by molar-refractivity contribution is -0.133. The molecule has 16 nitrogen and oxygen atoms in total. The summed E-state index contributed by atoms with van der Waals surface area (Å²) >= 11 is 0. The van der Waals surface area contributed by atoms with Crippen molar-refractivity contribution in [3.05, 3.63) is 24.3 Å². The first kappa shape index (κ1) is 93.5. The Bertz CT molecular complexity index is 2420. The molecule has 1 amide bonds. The number of ketones is 1. The van der Waals surface area contributed by atoms with E-state index in [1.165, 1.54) is 127 Å². The van der Waals surface area contributed by atoms with Gasteiger partial charge in [-0.3, -0.25) is 53.0 Å². The number of hydrogen-bond donors (Lipinski definition) is 0. The Morgan fingerprint density at radius 1 is 0.446 bits per heavy atom. The van der Waals surface area contributed by atoms with Crippen molar-refractivity contribution in [2.24, 2.45) is 17.8 Å². The molecule has 0 aromatic rings. The van der Waals surface area contributed by atoms with Crippen molar-refractivity contribution in [1.82, 2.24) is 49.0 Å². The average molecular weight is 1460 g/mol. The molecule has 0 aliphatic carbocycles. The van der Waals surface area contributed by atoms with E-state index in [0.717, 1.165) is 125 Å². The fourth-order valence-corrected chi connectivity index (χ4v) is 19.5. The molecule has 0 N–H and O–H groups in total. The summed E-state index contributed by atoms with van der Waals surface area (Å²) < 4.78 is 38.2. The fourth-order valence-electron chi connectivity index (χ4n) is 17.2. The molecule has 8 unspecified atom stereocenters. The summed E-state index contributed by atoms with van der Waals surface area (Å²) in [7, 11) is -1.40. The predicted octanol–water partition coefficient (Wildman–Crippen LogP) is 14.1. The molecule has 11 fully saturated rings. The van der Waals surface area contributed by atoms with Crippen LogP contribution in [0.4, 0.5) is 0 Å². The molecule has 11 rings (SSSR count). The van der Waals surface area contributed by atoms with Crippen LogP contribution < -0.4 is 0 Å². The molecule has 4 bridgehead atoms. The fraction of sp³-hybridized carbons (Fsp3) is 0.928. The maximum atomic E-state index is 11.4. The number of fused-ring (bicyclic) bond motifs is 4. The molecule has 0 spiro atoms. The Morgan fingerprint density at radius 3 is 1.34 bits per heavy atom. The zero-order chi connectivity index (χ0) is 76.0. The lowest BCUT2D eigenvalue weighted by atomic mass is 9.91. The van der Waals surface area contributed by atoms with Gasteiger partial charge in [0, 0.05) is 212 Å². The van der Waals surface area contributed by atoms with Crippen molar-refractivity contribution in [3.8, 4) is 0 Å². The normalized spacial score (nSPS) is 29.2. The average Bonchev–Trinajstić information content (AvgIpc) is 1.68. The highest BCUT2D eigenvalue weighted by molar-refractivity contribution is 7.91. The van der Waals surface area contributed by atoms with Crippen LogP contribution in [-0.2, 0) is 35.0 Å². The smallest absolute Gasteiger partial charge is 0.219 e. The summed E-state index contributed by atoms with van der Waals surface area (Å²) in [5, 5.41) is 0. The molecule has 594 valence electrons. The molecule has 18 heteroatoms. The van der Waals surface area contributed by atoms with Crippen molar-refractivity contribution in [1.29, 1.82) is 0 Å². The van der Waals surface area contributed by atoms with E-state index in [-0.39, 0.29) is 5.91 Å². The Kier molecular flexibility index (Phi) is 44.4. The molecule has 11 saturated heterocycles. The van der Waals surface area contributed by atoms with Crippen molar-refractivity contribution >= 4 is 32.3 Å². The molecule has 11 aliphatic heterocycles. The van der Waals surface area contributed by atoms with Gasteiger partial charge in [-0.25, -0.2) is 8.42 Å². The molecule has 101 heavy (non-hydrogen) atoms. The highest BCUT2D eigenvalue weighted by Crippen LogP contribution is 2.40. The van der Waals surface area contributed by atoms with E-state index in [1.807, 2.05) is 12.0 Å². The summed E-state index contributed by atoms with van der Waals surface area (Å²) in [6.45, 7) is 75.3. The highest BCUT2D eigenvalue weighted by atomic mass is 32.2. The number of hydrogen-bond acceptors (Lipinski definition) is 15. The van der Waals surface area contributed by atoms with Gasteiger partial charge in [-0.05, 0) is 259 Å². The first-order valence-electron chi connectivity index (χ1n) is 41.3. The van der Waals surface area contributed by atoms with E-state index in [4.69, 9.17) is 4.74 Å². The second-order valence-electron chi connectivity index (χ2n) is 35.0. The zero-order valence-corrected chi connectivity index (χ0v) is 71.9. The van der Waals surface area contributed by atoms with Crippen LogP contribution in [0.2, 0.25) is 0 Å². The first-order valence-corrected chi connectivity index (χ1v) is 44.6. The molecule has 11 heterocycles. The van der Waals surface area contributed by atoms with Crippen molar-refractivity contribution in [3.63, 3.8) is 0 Å². The number of nitrogens with zero attached hydrogens (tertiary/aromatic N) is 10. The Morgan fingerprint density at radius 2 is 0.891 bits per heavy atom. The minimum Gasteiger partial charge on any atom is -0.380 e. The molecule has 0 aromatic carbocycles. The predicted molar refractivity (Wildman–Crippen MR) is 435 cm³/mol. The summed E-state index contributed by atoms with van der Waals surface area (Å²) in [6.07, 6.45) is 20.7. The van der Waals surface area contributed by atoms with Crippen molar-refractivity contribution in [2.75, 3.05) is 128 Å². The van der Waals surface area contributed by atoms with Gasteiger partial charge in [0.1, 0.15) is 5.78 Å². The van der Waals surface area contributed by atoms with Crippen LogP contribution in [0, 0.1) is 17.8 Å². The van der Waals surface area contributed by atoms with Gasteiger partial charge in [-0.2, -0.15) is 0 Å². The second-order valence-corrected chi connectivity index (χ2v) is 39.0. The third-order valence-corrected chi connectivity index (χ3v) is 26.2. The van der Waals surface area contributed by atoms with E-state index in [1.54, 1.807) is 6.92 Å². The van der Waals surface area contributed by atoms with Gasteiger partial charge in [-0.1, -0.05) is 45.1 Å². The van der Waals surface area contributed by atoms with Gasteiger partial charge >= 0.3 is 0 Å². The third kappa shape index (κ3) is 35.5. The molecule has 0 saturated carbocycles. The van der Waals surface area contributed by atoms with Crippen LogP contribution in [0.5, 0.6) is 0 Å². The van der Waals surface area contributed by atoms with E-state index >= 15 is 0 Å². The van der Waals surface area contributed by atoms with Crippen molar-refractivity contribution in [2.45, 2.75) is 353 Å². The van der Waals surface area contributed by atoms with E-state index in [9.17, 15) is 22.2 Å². The molecular formula is C83H164N10O6S2. The van der Waals surface area contributed by atoms with E-state index in [0.29, 0.717) is 96.9 Å². The van der Waals surface area contributed by atoms with E-state index < -0.39 is 20.6 Å². The van der Waals surface area contributed by atoms with Crippen molar-refractivity contribution < 1.29 is 27.0 Å². The minimum atomic E-state index is -2.69. The SMILES string of the molecule is C=C1CC(C)CN(C(C)C)C1.C=C1CCCN(C(C)C)C1.CC(=O)N1CCN(C(C)C)CC1C.CC(C)N1C2CCC(=O)CC1CC2.CC(C)N1CCS(=O)(=O)CC1.CC(C)N1CCS(=O)CC1.CC1CC2CCC(C1)N2C(C)C.CC1CCCN(C(C)C)C1.COC1CCCN(C(C)C)C1. The van der Waals surface area contributed by atoms with E-state index in [2.05, 4.69) is 210 Å². The number of Topliss-reactive ketones (excluding diaryl/α,β-unsaturated/α-hetero) is 1. The summed E-state index contributed by atoms with van der Waals surface area (Å²) in [6, 6.07) is 9.38. The number of carbonyl (C=O) groups excluding carboxylic acids is 2. The van der Waals surface area contributed by atoms with Gasteiger partial charge in [-0.15, -0.1) is 0 Å². The number of ether oxygens (including phenoxy) is 1. The van der Waals surface area contributed by atoms with Gasteiger partial charge < -0.3 is 14.5 Å². The number of methoxy groups -OCH3 is 1. The summed E-state index contributed by atoms with van der Waals surface area (Å²) in [5.41, 5.74) is 2.80. The second kappa shape index (κ2) is 48.0. The number of carbonyl (C=O) groups is 2. The number of sulfone groups is 1. The van der Waals surface area contributed by atoms with Crippen LogP contribution in [-0.4, -0.2) is 292 Å². The molecule has 8 atom stereocenters. The summed E-state index contributed by atoms with van der Waals surface area (Å²) in [5.74, 6) is 5.83. The Balaban J connectivity index is 0.000000296. The largest absolute Gasteiger partial charge is 0.380 e. The number of rotatable bonds is 10. The topological polar surface area (TPSA) is 127 Å². The number of likely N-dealkylation sites (tertiary alicyclic amines) is 4. The van der Waals surface area contributed by atoms with Crippen LogP contribution in [0.1, 0.15) is 262 Å². The van der Waals surface area contributed by atoms with Gasteiger partial charge in [0.25, 0.3) is 0 Å². The van der Waals surface area contributed by atoms with Crippen LogP contribution in [0.15, 0.2) is 24.3 Å². The van der Waals surface area contributed by atoms with Gasteiger partial charge in [0.05, 0.1) is 17.6 Å². The molecule has 0 aromatic heterocycles. The first-order chi connectivity index (χ1) is 47.3. The highest BCUT2D eigenvalue weighted by Gasteiger charge is 2.41. The number of piperidine rings is 5. The summed E-state index contributed by atoms with van der Waals surface area (Å²) in [4.78, 5) is 46.9. The zero-order valence-electron chi connectivity index (χ0n) is 70.3. The maximum absolute atomic E-state index is 11.4. The number of piperazine rings is 1. The monoisotopic (exact) mass is 1460 g/mol. The lowest BCUT2D eigenvalue weighted by Crippen LogP contribution is -2.55. The minimum absolute atomic E-state index is 0.205. The Hall–Kier alpha value is -1.68. The molecule has 11 aliphatic rings. The third-order valence-electron chi connectivity index (χ3n) is 23.3. The lowest BCUT2D eigenvalue weighted by Gasteiger charge is -2.41. The van der Waals surface area contributed by atoms with Crippen LogP contribution in [0.3, 0.4) is 0 Å². The van der Waals surface area contributed by atoms with Gasteiger partial charge in [0.15, 0.2) is 9.84 Å². The van der Waals surface area contributed by atoms with Crippen LogP contribution in [0.25, 0.3) is 0 Å².